The molecule has 0 radical (unpaired) electrons. The highest BCUT2D eigenvalue weighted by Crippen LogP contribution is 2.16. The number of ether oxygens (including phenoxy) is 1. The maximum absolute atomic E-state index is 11.9. The number of hydrogen-bond acceptors (Lipinski definition) is 3. The lowest BCUT2D eigenvalue weighted by Gasteiger charge is -2.23. The van der Waals surface area contributed by atoms with Crippen LogP contribution in [-0.2, 0) is 9.53 Å². The first-order valence-corrected chi connectivity index (χ1v) is 5.67. The summed E-state index contributed by atoms with van der Waals surface area (Å²) < 4.78 is 4.77. The van der Waals surface area contributed by atoms with Gasteiger partial charge in [0, 0.05) is 17.3 Å². The van der Waals surface area contributed by atoms with E-state index in [4.69, 9.17) is 16.3 Å². The number of anilines is 1. The Morgan fingerprint density at radius 1 is 1.44 bits per heavy atom. The Bertz CT molecular complexity index is 473. The van der Waals surface area contributed by atoms with Crippen molar-refractivity contribution in [1.29, 1.82) is 0 Å². The van der Waals surface area contributed by atoms with E-state index in [9.17, 15) is 9.59 Å². The highest BCUT2D eigenvalue weighted by molar-refractivity contribution is 6.30. The topological polar surface area (TPSA) is 58.6 Å². The summed E-state index contributed by atoms with van der Waals surface area (Å²) in [7, 11) is 0. The van der Waals surface area contributed by atoms with Crippen molar-refractivity contribution < 1.29 is 14.3 Å². The highest BCUT2D eigenvalue weighted by atomic mass is 35.5. The van der Waals surface area contributed by atoms with Crippen molar-refractivity contribution in [2.24, 2.45) is 0 Å². The van der Waals surface area contributed by atoms with Gasteiger partial charge >= 0.3 is 6.03 Å². The molecule has 1 aromatic carbocycles. The third-order valence-corrected chi connectivity index (χ3v) is 2.71. The molecule has 1 atom stereocenters. The Morgan fingerprint density at radius 2 is 2.17 bits per heavy atom. The first kappa shape index (κ1) is 12.4. The molecule has 6 heteroatoms. The fraction of sp³-hybridized carbons (Fsp3) is 0.167. The summed E-state index contributed by atoms with van der Waals surface area (Å²) in [5.41, 5.74) is 0.626. The van der Waals surface area contributed by atoms with Crippen LogP contribution >= 0.6 is 11.6 Å². The van der Waals surface area contributed by atoms with Crippen LogP contribution in [-0.4, -0.2) is 30.2 Å². The number of carbonyl (C=O) groups excluding carboxylic acids is 2. The molecule has 5 nitrogen and oxygen atoms in total. The Balaban J connectivity index is 1.99. The summed E-state index contributed by atoms with van der Waals surface area (Å²) in [6, 6.07) is 6.41. The smallest absolute Gasteiger partial charge is 0.325 e. The molecule has 1 N–H and O–H groups in total. The third kappa shape index (κ3) is 2.81. The maximum atomic E-state index is 11.9. The lowest BCUT2D eigenvalue weighted by Crippen LogP contribution is -2.40. The second-order valence-corrected chi connectivity index (χ2v) is 4.08. The normalized spacial score (nSPS) is 17.6. The quantitative estimate of drug-likeness (QED) is 0.674. The van der Waals surface area contributed by atoms with Gasteiger partial charge in [0.1, 0.15) is 0 Å². The van der Waals surface area contributed by atoms with E-state index in [1.807, 2.05) is 0 Å². The summed E-state index contributed by atoms with van der Waals surface area (Å²) >= 11 is 5.75. The van der Waals surface area contributed by atoms with Gasteiger partial charge in [-0.1, -0.05) is 17.7 Å². The van der Waals surface area contributed by atoms with Crippen LogP contribution in [0.5, 0.6) is 0 Å². The van der Waals surface area contributed by atoms with Crippen molar-refractivity contribution >= 4 is 29.8 Å². The van der Waals surface area contributed by atoms with Gasteiger partial charge in [-0.15, -0.1) is 0 Å². The van der Waals surface area contributed by atoms with E-state index in [0.717, 1.165) is 0 Å². The zero-order valence-electron chi connectivity index (χ0n) is 9.38. The van der Waals surface area contributed by atoms with Gasteiger partial charge in [-0.3, -0.25) is 9.69 Å². The number of halogens is 1. The molecule has 1 aliphatic heterocycles. The number of nitrogens with zero attached hydrogens (tertiary/aromatic N) is 1. The van der Waals surface area contributed by atoms with E-state index in [0.29, 0.717) is 23.7 Å². The van der Waals surface area contributed by atoms with Gasteiger partial charge in [0.25, 0.3) is 6.47 Å². The lowest BCUT2D eigenvalue weighted by molar-refractivity contribution is -0.135. The molecule has 2 amide bonds. The molecule has 0 saturated heterocycles. The highest BCUT2D eigenvalue weighted by Gasteiger charge is 2.25. The van der Waals surface area contributed by atoms with E-state index in [1.54, 1.807) is 36.4 Å². The zero-order valence-corrected chi connectivity index (χ0v) is 10.1. The van der Waals surface area contributed by atoms with Crippen LogP contribution in [0.25, 0.3) is 0 Å². The van der Waals surface area contributed by atoms with E-state index in [-0.39, 0.29) is 6.03 Å². The molecule has 94 valence electrons. The predicted molar refractivity (Wildman–Crippen MR) is 67.3 cm³/mol. The maximum Gasteiger partial charge on any atom is 0.325 e. The summed E-state index contributed by atoms with van der Waals surface area (Å²) in [5, 5.41) is 3.29. The molecule has 0 bridgehead atoms. The fourth-order valence-electron chi connectivity index (χ4n) is 1.60. The van der Waals surface area contributed by atoms with Crippen LogP contribution < -0.4 is 5.32 Å². The number of nitrogens with one attached hydrogen (secondary N) is 1. The lowest BCUT2D eigenvalue weighted by atomic mass is 10.3. The van der Waals surface area contributed by atoms with Gasteiger partial charge in [0.2, 0.25) is 0 Å². The van der Waals surface area contributed by atoms with Gasteiger partial charge in [-0.25, -0.2) is 4.79 Å². The van der Waals surface area contributed by atoms with Crippen molar-refractivity contribution in [3.05, 3.63) is 41.4 Å². The third-order valence-electron chi connectivity index (χ3n) is 2.46. The van der Waals surface area contributed by atoms with Crippen molar-refractivity contribution in [2.75, 3.05) is 11.9 Å². The monoisotopic (exact) mass is 266 g/mol. The van der Waals surface area contributed by atoms with E-state index in [2.05, 4.69) is 5.32 Å². The largest absolute Gasteiger partial charge is 0.440 e. The van der Waals surface area contributed by atoms with Crippen LogP contribution in [0.2, 0.25) is 5.02 Å². The second kappa shape index (κ2) is 5.55. The molecule has 1 aliphatic rings. The minimum absolute atomic E-state index is 0.322. The molecule has 0 spiro atoms. The van der Waals surface area contributed by atoms with Gasteiger partial charge in [-0.2, -0.15) is 0 Å². The number of urea groups is 1. The minimum Gasteiger partial charge on any atom is -0.440 e. The molecule has 0 saturated carbocycles. The van der Waals surface area contributed by atoms with E-state index >= 15 is 0 Å². The number of rotatable bonds is 3. The number of carbonyl (C=O) groups is 2. The van der Waals surface area contributed by atoms with Gasteiger partial charge < -0.3 is 10.1 Å². The van der Waals surface area contributed by atoms with Crippen molar-refractivity contribution in [1.82, 2.24) is 4.90 Å². The molecule has 2 rings (SSSR count). The predicted octanol–water partition coefficient (Wildman–Crippen LogP) is 2.24. The molecule has 18 heavy (non-hydrogen) atoms. The SMILES string of the molecule is O=COC1C=CCN1C(=O)Nc1ccc(Cl)cc1. The minimum atomic E-state index is -0.644. The summed E-state index contributed by atoms with van der Waals surface area (Å²) in [4.78, 5) is 23.6. The average molecular weight is 267 g/mol. The van der Waals surface area contributed by atoms with E-state index < -0.39 is 6.23 Å². The summed E-state index contributed by atoms with van der Waals surface area (Å²) in [6.07, 6.45) is 2.76. The van der Waals surface area contributed by atoms with Crippen LogP contribution in [0.3, 0.4) is 0 Å². The molecular weight excluding hydrogens is 256 g/mol. The Labute approximate surface area is 109 Å². The fourth-order valence-corrected chi connectivity index (χ4v) is 1.73. The first-order valence-electron chi connectivity index (χ1n) is 5.29. The molecular formula is C12H11ClN2O3. The van der Waals surface area contributed by atoms with E-state index in [1.165, 1.54) is 4.90 Å². The molecule has 0 aliphatic carbocycles. The summed E-state index contributed by atoms with van der Waals surface area (Å²) in [6.45, 7) is 0.723. The Hall–Kier alpha value is -2.01. The zero-order chi connectivity index (χ0) is 13.0. The molecule has 1 heterocycles. The average Bonchev–Trinajstić information content (AvgIpc) is 2.81. The Morgan fingerprint density at radius 3 is 2.83 bits per heavy atom. The van der Waals surface area contributed by atoms with Crippen LogP contribution in [0, 0.1) is 0 Å². The Kier molecular flexibility index (Phi) is 3.84. The molecule has 1 aromatic rings. The number of benzene rings is 1. The molecule has 0 aromatic heterocycles. The summed E-state index contributed by atoms with van der Waals surface area (Å²) in [5.74, 6) is 0. The second-order valence-electron chi connectivity index (χ2n) is 3.64. The van der Waals surface area contributed by atoms with Crippen LogP contribution in [0.4, 0.5) is 10.5 Å². The van der Waals surface area contributed by atoms with Crippen LogP contribution in [0.15, 0.2) is 36.4 Å². The van der Waals surface area contributed by atoms with Gasteiger partial charge in [-0.05, 0) is 30.3 Å². The number of amides is 2. The standard InChI is InChI=1S/C12H11ClN2O3/c13-9-3-5-10(6-4-9)14-12(17)15-7-1-2-11(15)18-8-16/h1-6,8,11H,7H2,(H,14,17). The van der Waals surface area contributed by atoms with Crippen molar-refractivity contribution in [3.8, 4) is 0 Å². The van der Waals surface area contributed by atoms with Crippen molar-refractivity contribution in [2.45, 2.75) is 6.23 Å². The molecule has 1 unspecified atom stereocenters. The van der Waals surface area contributed by atoms with Gasteiger partial charge in [0.15, 0.2) is 6.23 Å². The van der Waals surface area contributed by atoms with Crippen molar-refractivity contribution in [3.63, 3.8) is 0 Å². The van der Waals surface area contributed by atoms with Crippen LogP contribution in [0.1, 0.15) is 0 Å². The molecule has 0 fully saturated rings. The first-order chi connectivity index (χ1) is 8.70. The number of hydrogen-bond donors (Lipinski definition) is 1. The van der Waals surface area contributed by atoms with Gasteiger partial charge in [0.05, 0.1) is 0 Å².